The third-order valence-corrected chi connectivity index (χ3v) is 5.65. The zero-order valence-corrected chi connectivity index (χ0v) is 12.6. The van der Waals surface area contributed by atoms with Gasteiger partial charge in [0.15, 0.2) is 0 Å². The van der Waals surface area contributed by atoms with Gasteiger partial charge in [0.2, 0.25) is 10.0 Å². The zero-order valence-electron chi connectivity index (χ0n) is 11.8. The molecule has 1 aliphatic carbocycles. The summed E-state index contributed by atoms with van der Waals surface area (Å²) in [4.78, 5) is 0.314. The number of hydrogen-bond acceptors (Lipinski definition) is 4. The highest BCUT2D eigenvalue weighted by Crippen LogP contribution is 2.43. The Bertz CT molecular complexity index is 573. The van der Waals surface area contributed by atoms with Gasteiger partial charge in [0.25, 0.3) is 0 Å². The first-order valence-corrected chi connectivity index (χ1v) is 8.55. The molecule has 20 heavy (non-hydrogen) atoms. The topological polar surface area (TPSA) is 70.2 Å². The fourth-order valence-electron chi connectivity index (χ4n) is 2.93. The predicted octanol–water partition coefficient (Wildman–Crippen LogP) is 1.00. The predicted molar refractivity (Wildman–Crippen MR) is 79.2 cm³/mol. The molecule has 1 heterocycles. The van der Waals surface area contributed by atoms with Crippen molar-refractivity contribution in [1.82, 2.24) is 10.0 Å². The molecule has 2 aliphatic rings. The van der Waals surface area contributed by atoms with Crippen molar-refractivity contribution in [3.05, 3.63) is 24.3 Å². The average molecular weight is 295 g/mol. The molecule has 1 aromatic rings. The van der Waals surface area contributed by atoms with Crippen molar-refractivity contribution in [2.75, 3.05) is 18.4 Å². The molecule has 1 aromatic carbocycles. The van der Waals surface area contributed by atoms with E-state index in [9.17, 15) is 8.42 Å². The Labute approximate surface area is 120 Å². The number of rotatable bonds is 5. The van der Waals surface area contributed by atoms with Crippen molar-refractivity contribution in [2.45, 2.75) is 30.8 Å². The summed E-state index contributed by atoms with van der Waals surface area (Å²) in [5.41, 5.74) is 0.993. The molecule has 1 saturated carbocycles. The van der Waals surface area contributed by atoms with Crippen molar-refractivity contribution < 1.29 is 8.42 Å². The zero-order chi connectivity index (χ0) is 14.3. The van der Waals surface area contributed by atoms with Crippen LogP contribution in [-0.4, -0.2) is 33.6 Å². The van der Waals surface area contributed by atoms with Gasteiger partial charge < -0.3 is 10.6 Å². The molecular formula is C14H21N3O2S. The Morgan fingerprint density at radius 1 is 1.15 bits per heavy atom. The fourth-order valence-corrected chi connectivity index (χ4v) is 4.18. The second kappa shape index (κ2) is 5.02. The number of anilines is 1. The van der Waals surface area contributed by atoms with Crippen LogP contribution in [0.25, 0.3) is 0 Å². The first-order chi connectivity index (χ1) is 9.47. The number of benzene rings is 1. The van der Waals surface area contributed by atoms with Crippen LogP contribution in [0, 0.1) is 11.8 Å². The highest BCUT2D eigenvalue weighted by atomic mass is 32.2. The maximum atomic E-state index is 12.0. The first-order valence-electron chi connectivity index (χ1n) is 7.07. The van der Waals surface area contributed by atoms with E-state index >= 15 is 0 Å². The maximum Gasteiger partial charge on any atom is 0.240 e. The standard InChI is InChI=1S/C14H21N3O2S/c1-9(2)17-20(18,19)11-5-3-10(4-6-11)16-14-12-7-15-8-13(12)14/h3-6,9,12-17H,7-8H2,1-2H3. The lowest BCUT2D eigenvalue weighted by atomic mass is 10.3. The van der Waals surface area contributed by atoms with E-state index in [2.05, 4.69) is 15.4 Å². The fraction of sp³-hybridized carbons (Fsp3) is 0.571. The minimum atomic E-state index is -3.39. The molecule has 0 amide bonds. The summed E-state index contributed by atoms with van der Waals surface area (Å²) in [7, 11) is -3.39. The Kier molecular flexibility index (Phi) is 3.48. The Hall–Kier alpha value is -1.11. The van der Waals surface area contributed by atoms with E-state index in [1.54, 1.807) is 12.1 Å². The minimum absolute atomic E-state index is 0.101. The first kappa shape index (κ1) is 13.9. The van der Waals surface area contributed by atoms with Gasteiger partial charge >= 0.3 is 0 Å². The van der Waals surface area contributed by atoms with Crippen LogP contribution in [0.3, 0.4) is 0 Å². The monoisotopic (exact) mass is 295 g/mol. The van der Waals surface area contributed by atoms with Gasteiger partial charge in [-0.3, -0.25) is 0 Å². The van der Waals surface area contributed by atoms with Crippen LogP contribution in [0.2, 0.25) is 0 Å². The molecule has 1 saturated heterocycles. The molecule has 2 atom stereocenters. The third-order valence-electron chi connectivity index (χ3n) is 3.98. The summed E-state index contributed by atoms with van der Waals surface area (Å²) >= 11 is 0. The van der Waals surface area contributed by atoms with E-state index in [-0.39, 0.29) is 6.04 Å². The van der Waals surface area contributed by atoms with Crippen molar-refractivity contribution in [2.24, 2.45) is 11.8 Å². The van der Waals surface area contributed by atoms with Crippen LogP contribution in [0.5, 0.6) is 0 Å². The van der Waals surface area contributed by atoms with Crippen LogP contribution in [-0.2, 0) is 10.0 Å². The summed E-state index contributed by atoms with van der Waals surface area (Å²) < 4.78 is 26.6. The van der Waals surface area contributed by atoms with E-state index in [1.165, 1.54) is 0 Å². The Balaban J connectivity index is 1.66. The molecule has 0 bridgehead atoms. The molecule has 0 aromatic heterocycles. The molecule has 6 heteroatoms. The lowest BCUT2D eigenvalue weighted by molar-refractivity contribution is 0.570. The number of sulfonamides is 1. The van der Waals surface area contributed by atoms with Gasteiger partial charge in [0.1, 0.15) is 0 Å². The van der Waals surface area contributed by atoms with Crippen LogP contribution in [0.1, 0.15) is 13.8 Å². The Morgan fingerprint density at radius 2 is 1.75 bits per heavy atom. The molecule has 1 aliphatic heterocycles. The summed E-state index contributed by atoms with van der Waals surface area (Å²) in [6, 6.07) is 7.45. The lowest BCUT2D eigenvalue weighted by Gasteiger charge is -2.12. The summed E-state index contributed by atoms with van der Waals surface area (Å²) in [6.07, 6.45) is 0. The van der Waals surface area contributed by atoms with Gasteiger partial charge in [-0.2, -0.15) is 0 Å². The molecule has 2 unspecified atom stereocenters. The van der Waals surface area contributed by atoms with Gasteiger partial charge in [-0.05, 0) is 49.9 Å². The number of piperidine rings is 1. The Morgan fingerprint density at radius 3 is 2.30 bits per heavy atom. The van der Waals surface area contributed by atoms with E-state index < -0.39 is 10.0 Å². The van der Waals surface area contributed by atoms with Crippen LogP contribution >= 0.6 is 0 Å². The molecule has 3 rings (SSSR count). The number of hydrogen-bond donors (Lipinski definition) is 3. The smallest absolute Gasteiger partial charge is 0.240 e. The highest BCUT2D eigenvalue weighted by molar-refractivity contribution is 7.89. The van der Waals surface area contributed by atoms with Crippen LogP contribution in [0.15, 0.2) is 29.2 Å². The third kappa shape index (κ3) is 2.68. The van der Waals surface area contributed by atoms with Gasteiger partial charge in [0.05, 0.1) is 4.90 Å². The second-order valence-electron chi connectivity index (χ2n) is 5.96. The normalized spacial score (nSPS) is 28.4. The largest absolute Gasteiger partial charge is 0.382 e. The van der Waals surface area contributed by atoms with E-state index in [0.29, 0.717) is 10.9 Å². The van der Waals surface area contributed by atoms with Gasteiger partial charge in [-0.1, -0.05) is 0 Å². The average Bonchev–Trinajstić information content (AvgIpc) is 2.82. The SMILES string of the molecule is CC(C)NS(=O)(=O)c1ccc(NC2C3CNCC32)cc1. The second-order valence-corrected chi connectivity index (χ2v) is 7.67. The maximum absolute atomic E-state index is 12.0. The van der Waals surface area contributed by atoms with Crippen molar-refractivity contribution in [1.29, 1.82) is 0 Å². The number of fused-ring (bicyclic) bond motifs is 1. The van der Waals surface area contributed by atoms with Crippen molar-refractivity contribution in [3.8, 4) is 0 Å². The van der Waals surface area contributed by atoms with E-state index in [1.807, 2.05) is 26.0 Å². The minimum Gasteiger partial charge on any atom is -0.382 e. The quantitative estimate of drug-likeness (QED) is 0.758. The van der Waals surface area contributed by atoms with Crippen molar-refractivity contribution >= 4 is 15.7 Å². The number of nitrogens with one attached hydrogen (secondary N) is 3. The summed E-state index contributed by atoms with van der Waals surface area (Å²) in [5.74, 6) is 1.47. The molecule has 5 nitrogen and oxygen atoms in total. The van der Waals surface area contributed by atoms with Crippen molar-refractivity contribution in [3.63, 3.8) is 0 Å². The van der Waals surface area contributed by atoms with Gasteiger partial charge in [-0.25, -0.2) is 13.1 Å². The van der Waals surface area contributed by atoms with E-state index in [0.717, 1.165) is 30.6 Å². The van der Waals surface area contributed by atoms with Gasteiger partial charge in [0, 0.05) is 30.9 Å². The lowest BCUT2D eigenvalue weighted by Crippen LogP contribution is -2.30. The summed E-state index contributed by atoms with van der Waals surface area (Å²) in [6.45, 7) is 5.81. The van der Waals surface area contributed by atoms with E-state index in [4.69, 9.17) is 0 Å². The molecule has 0 radical (unpaired) electrons. The van der Waals surface area contributed by atoms with Crippen LogP contribution < -0.4 is 15.4 Å². The molecule has 110 valence electrons. The highest BCUT2D eigenvalue weighted by Gasteiger charge is 2.52. The molecule has 0 spiro atoms. The summed E-state index contributed by atoms with van der Waals surface area (Å²) in [5, 5.41) is 6.84. The van der Waals surface area contributed by atoms with Gasteiger partial charge in [-0.15, -0.1) is 0 Å². The molecular weight excluding hydrogens is 274 g/mol. The molecule has 2 fully saturated rings. The van der Waals surface area contributed by atoms with Crippen LogP contribution in [0.4, 0.5) is 5.69 Å². The molecule has 3 N–H and O–H groups in total.